The van der Waals surface area contributed by atoms with Gasteiger partial charge < -0.3 is 15.4 Å². The molecule has 0 aliphatic heterocycles. The lowest BCUT2D eigenvalue weighted by Crippen LogP contribution is -2.42. The van der Waals surface area contributed by atoms with Crippen molar-refractivity contribution in [2.45, 2.75) is 32.2 Å². The van der Waals surface area contributed by atoms with Crippen LogP contribution < -0.4 is 15.4 Å². The van der Waals surface area contributed by atoms with Crippen molar-refractivity contribution in [1.82, 2.24) is 15.6 Å². The Balaban J connectivity index is 1.41. The molecule has 2 amide bonds. The number of nitrogens with one attached hydrogen (secondary N) is 2. The summed E-state index contributed by atoms with van der Waals surface area (Å²) < 4.78 is 41.4. The zero-order valence-electron chi connectivity index (χ0n) is 11.7. The fourth-order valence-corrected chi connectivity index (χ4v) is 2.99. The largest absolute Gasteiger partial charge is 0.417 e. The average molecular weight is 315 g/mol. The third kappa shape index (κ3) is 3.10. The number of hydrogen-bond acceptors (Lipinski definition) is 3. The van der Waals surface area contributed by atoms with Gasteiger partial charge in [-0.25, -0.2) is 14.2 Å². The second-order valence-electron chi connectivity index (χ2n) is 5.81. The van der Waals surface area contributed by atoms with E-state index in [4.69, 9.17) is 0 Å². The highest BCUT2D eigenvalue weighted by Gasteiger charge is 2.67. The first-order valence-corrected chi connectivity index (χ1v) is 7.04. The van der Waals surface area contributed by atoms with Crippen LogP contribution in [0.3, 0.4) is 0 Å². The Morgan fingerprint density at radius 2 is 2.27 bits per heavy atom. The van der Waals surface area contributed by atoms with Crippen molar-refractivity contribution in [2.75, 3.05) is 6.54 Å². The number of nitrogens with zero attached hydrogens (tertiary/aromatic N) is 1. The lowest BCUT2D eigenvalue weighted by atomic mass is 9.83. The van der Waals surface area contributed by atoms with Gasteiger partial charge in [-0.05, 0) is 35.8 Å². The minimum atomic E-state index is -2.94. The number of urea groups is 1. The van der Waals surface area contributed by atoms with Gasteiger partial charge in [-0.15, -0.1) is 0 Å². The molecule has 0 spiro atoms. The molecule has 0 radical (unpaired) electrons. The van der Waals surface area contributed by atoms with Crippen LogP contribution in [-0.4, -0.2) is 30.3 Å². The summed E-state index contributed by atoms with van der Waals surface area (Å²) >= 11 is 0. The van der Waals surface area contributed by atoms with Gasteiger partial charge >= 0.3 is 12.6 Å². The Morgan fingerprint density at radius 3 is 2.91 bits per heavy atom. The average Bonchev–Trinajstić information content (AvgIpc) is 3.08. The van der Waals surface area contributed by atoms with Crippen LogP contribution in [0.1, 0.15) is 18.4 Å². The second kappa shape index (κ2) is 5.66. The number of ether oxygens (including phenoxy) is 1. The summed E-state index contributed by atoms with van der Waals surface area (Å²) in [7, 11) is 0. The SMILES string of the molecule is O=C(NCc1ccnc(OC(F)F)c1)NCC12CC1[C@H](F)C2. The zero-order chi connectivity index (χ0) is 15.7. The van der Waals surface area contributed by atoms with Crippen molar-refractivity contribution < 1.29 is 22.7 Å². The molecule has 1 aromatic heterocycles. The number of hydrogen-bond donors (Lipinski definition) is 2. The number of amides is 2. The van der Waals surface area contributed by atoms with Gasteiger partial charge in [0, 0.05) is 25.4 Å². The molecule has 1 heterocycles. The number of alkyl halides is 3. The van der Waals surface area contributed by atoms with E-state index >= 15 is 0 Å². The van der Waals surface area contributed by atoms with Gasteiger partial charge in [-0.3, -0.25) is 0 Å². The molecule has 1 aromatic rings. The molecule has 2 unspecified atom stereocenters. The Kier molecular flexibility index (Phi) is 3.84. The van der Waals surface area contributed by atoms with Crippen molar-refractivity contribution in [1.29, 1.82) is 0 Å². The molecule has 3 rings (SSSR count). The van der Waals surface area contributed by atoms with Crippen LogP contribution >= 0.6 is 0 Å². The summed E-state index contributed by atoms with van der Waals surface area (Å²) in [5, 5.41) is 5.34. The van der Waals surface area contributed by atoms with Crippen LogP contribution in [-0.2, 0) is 6.54 Å². The van der Waals surface area contributed by atoms with Gasteiger partial charge in [-0.2, -0.15) is 8.78 Å². The summed E-state index contributed by atoms with van der Waals surface area (Å²) in [5.74, 6) is -0.0834. The fraction of sp³-hybridized carbons (Fsp3) is 0.571. The Hall–Kier alpha value is -1.99. The van der Waals surface area contributed by atoms with Gasteiger partial charge in [0.25, 0.3) is 0 Å². The van der Waals surface area contributed by atoms with Crippen molar-refractivity contribution >= 4 is 6.03 Å². The minimum Gasteiger partial charge on any atom is -0.417 e. The number of rotatable bonds is 6. The second-order valence-corrected chi connectivity index (χ2v) is 5.81. The lowest BCUT2D eigenvalue weighted by molar-refractivity contribution is -0.0529. The third-order valence-electron chi connectivity index (χ3n) is 4.35. The number of fused-ring (bicyclic) bond motifs is 1. The summed E-state index contributed by atoms with van der Waals surface area (Å²) in [5.41, 5.74) is 0.571. The molecule has 2 aliphatic rings. The minimum absolute atomic E-state index is 0.0221. The van der Waals surface area contributed by atoms with E-state index in [2.05, 4.69) is 20.4 Å². The van der Waals surface area contributed by atoms with E-state index < -0.39 is 12.8 Å². The maximum absolute atomic E-state index is 13.0. The number of aromatic nitrogens is 1. The molecule has 0 saturated heterocycles. The van der Waals surface area contributed by atoms with Crippen molar-refractivity contribution in [3.63, 3.8) is 0 Å². The van der Waals surface area contributed by atoms with Gasteiger partial charge in [-0.1, -0.05) is 0 Å². The predicted molar refractivity (Wildman–Crippen MR) is 71.2 cm³/mol. The van der Waals surface area contributed by atoms with E-state index in [0.29, 0.717) is 18.5 Å². The monoisotopic (exact) mass is 315 g/mol. The van der Waals surface area contributed by atoms with E-state index in [0.717, 1.165) is 6.42 Å². The quantitative estimate of drug-likeness (QED) is 0.846. The van der Waals surface area contributed by atoms with Crippen LogP contribution in [0.2, 0.25) is 0 Å². The molecular weight excluding hydrogens is 299 g/mol. The van der Waals surface area contributed by atoms with Gasteiger partial charge in [0.2, 0.25) is 5.88 Å². The van der Waals surface area contributed by atoms with Gasteiger partial charge in [0.05, 0.1) is 0 Å². The Labute approximate surface area is 125 Å². The summed E-state index contributed by atoms with van der Waals surface area (Å²) in [6, 6.07) is 2.56. The van der Waals surface area contributed by atoms with Gasteiger partial charge in [0.15, 0.2) is 0 Å². The van der Waals surface area contributed by atoms with Crippen LogP contribution in [0.5, 0.6) is 5.88 Å². The standard InChI is InChI=1S/C14H16F3N3O2/c15-10-5-14(4-9(10)14)7-20-13(21)19-6-8-1-2-18-11(3-8)22-12(16)17/h1-3,9-10,12H,4-7H2,(H2,19,20,21)/t9?,10-,14?/m1/s1. The Bertz CT molecular complexity index is 572. The zero-order valence-corrected chi connectivity index (χ0v) is 11.7. The molecule has 22 heavy (non-hydrogen) atoms. The summed E-state index contributed by atoms with van der Waals surface area (Å²) in [6.07, 6.45) is 1.98. The van der Waals surface area contributed by atoms with E-state index in [1.54, 1.807) is 6.07 Å². The van der Waals surface area contributed by atoms with Crippen LogP contribution in [0.15, 0.2) is 18.3 Å². The van der Waals surface area contributed by atoms with Crippen LogP contribution in [0.4, 0.5) is 18.0 Å². The van der Waals surface area contributed by atoms with E-state index in [-0.39, 0.29) is 29.8 Å². The molecule has 2 fully saturated rings. The first-order valence-electron chi connectivity index (χ1n) is 7.04. The third-order valence-corrected chi connectivity index (χ3v) is 4.35. The molecule has 5 nitrogen and oxygen atoms in total. The molecule has 0 aromatic carbocycles. The lowest BCUT2D eigenvalue weighted by Gasteiger charge is -2.29. The molecule has 120 valence electrons. The van der Waals surface area contributed by atoms with Crippen molar-refractivity contribution in [3.05, 3.63) is 23.9 Å². The number of pyridine rings is 1. The van der Waals surface area contributed by atoms with Crippen molar-refractivity contribution in [2.24, 2.45) is 11.3 Å². The molecule has 2 N–H and O–H groups in total. The topological polar surface area (TPSA) is 63.2 Å². The first kappa shape index (κ1) is 14.9. The smallest absolute Gasteiger partial charge is 0.388 e. The fourth-order valence-electron chi connectivity index (χ4n) is 2.99. The number of carbonyl (C=O) groups excluding carboxylic acids is 1. The summed E-state index contributed by atoms with van der Waals surface area (Å²) in [6.45, 7) is -2.30. The normalized spacial score (nSPS) is 28.5. The van der Waals surface area contributed by atoms with Crippen LogP contribution in [0.25, 0.3) is 0 Å². The number of carbonyl (C=O) groups is 1. The Morgan fingerprint density at radius 1 is 1.45 bits per heavy atom. The maximum Gasteiger partial charge on any atom is 0.388 e. The predicted octanol–water partition coefficient (Wildman–Crippen LogP) is 2.23. The van der Waals surface area contributed by atoms with Crippen LogP contribution in [0, 0.1) is 11.3 Å². The maximum atomic E-state index is 13.0. The van der Waals surface area contributed by atoms with E-state index in [1.807, 2.05) is 0 Å². The highest BCUT2D eigenvalue weighted by Crippen LogP contribution is 2.68. The van der Waals surface area contributed by atoms with Crippen molar-refractivity contribution in [3.8, 4) is 5.88 Å². The molecule has 3 atom stereocenters. The van der Waals surface area contributed by atoms with Gasteiger partial charge in [0.1, 0.15) is 6.17 Å². The highest BCUT2D eigenvalue weighted by molar-refractivity contribution is 5.74. The molecule has 8 heteroatoms. The van der Waals surface area contributed by atoms with E-state index in [9.17, 15) is 18.0 Å². The molecule has 0 bridgehead atoms. The summed E-state index contributed by atoms with van der Waals surface area (Å²) in [4.78, 5) is 15.3. The first-order chi connectivity index (χ1) is 10.5. The molecular formula is C14H16F3N3O2. The van der Waals surface area contributed by atoms with E-state index in [1.165, 1.54) is 12.3 Å². The molecule has 2 aliphatic carbocycles. The highest BCUT2D eigenvalue weighted by atomic mass is 19.3. The molecule has 2 saturated carbocycles. The number of halogens is 3.